The number of carbonyl (C=O) groups excluding carboxylic acids is 1. The van der Waals surface area contributed by atoms with Crippen LogP contribution in [0.2, 0.25) is 0 Å². The van der Waals surface area contributed by atoms with Crippen LogP contribution in [-0.2, 0) is 14.6 Å². The molecule has 0 saturated heterocycles. The summed E-state index contributed by atoms with van der Waals surface area (Å²) in [5, 5.41) is 9.19. The molecule has 1 N–H and O–H groups in total. The fourth-order valence-corrected chi connectivity index (χ4v) is 1.02. The second-order valence-electron chi connectivity index (χ2n) is 5.52. The van der Waals surface area contributed by atoms with Crippen LogP contribution in [0.3, 0.4) is 0 Å². The lowest BCUT2D eigenvalue weighted by molar-refractivity contribution is -0.333. The van der Waals surface area contributed by atoms with Crippen molar-refractivity contribution in [3.63, 3.8) is 0 Å². The number of aliphatic hydroxyl groups excluding tert-OH is 1. The summed E-state index contributed by atoms with van der Waals surface area (Å²) in [6.07, 6.45) is -0.0851. The zero-order valence-electron chi connectivity index (χ0n) is 10.5. The van der Waals surface area contributed by atoms with Gasteiger partial charge in [0, 0.05) is 6.42 Å². The van der Waals surface area contributed by atoms with Crippen molar-refractivity contribution in [1.29, 1.82) is 0 Å². The quantitative estimate of drug-likeness (QED) is 0.579. The van der Waals surface area contributed by atoms with Gasteiger partial charge < -0.3 is 5.11 Å². The SMILES string of the molecule is CC(O)CC(C)(C)OOC(=O)C(C)(C)C. The van der Waals surface area contributed by atoms with Crippen LogP contribution in [0, 0.1) is 5.41 Å². The molecule has 4 nitrogen and oxygen atoms in total. The first-order valence-corrected chi connectivity index (χ1v) is 5.13. The van der Waals surface area contributed by atoms with Crippen molar-refractivity contribution in [1.82, 2.24) is 0 Å². The van der Waals surface area contributed by atoms with Crippen LogP contribution >= 0.6 is 0 Å². The second kappa shape index (κ2) is 4.94. The first-order valence-electron chi connectivity index (χ1n) is 5.13. The lowest BCUT2D eigenvalue weighted by atomic mass is 9.98. The van der Waals surface area contributed by atoms with E-state index in [2.05, 4.69) is 0 Å². The van der Waals surface area contributed by atoms with Crippen molar-refractivity contribution in [2.45, 2.75) is 59.7 Å². The molecule has 0 spiro atoms. The molecular formula is C11H22O4. The Morgan fingerprint density at radius 1 is 1.27 bits per heavy atom. The summed E-state index contributed by atoms with van der Waals surface area (Å²) in [5.74, 6) is -0.416. The summed E-state index contributed by atoms with van der Waals surface area (Å²) in [6.45, 7) is 10.4. The van der Waals surface area contributed by atoms with Crippen molar-refractivity contribution >= 4 is 5.97 Å². The largest absolute Gasteiger partial charge is 0.393 e. The van der Waals surface area contributed by atoms with Gasteiger partial charge in [-0.15, -0.1) is 0 Å². The van der Waals surface area contributed by atoms with Crippen LogP contribution in [0.4, 0.5) is 0 Å². The number of rotatable bonds is 4. The van der Waals surface area contributed by atoms with E-state index in [0.29, 0.717) is 6.42 Å². The summed E-state index contributed by atoms with van der Waals surface area (Å²) in [6, 6.07) is 0. The zero-order valence-corrected chi connectivity index (χ0v) is 10.5. The third kappa shape index (κ3) is 6.47. The number of hydrogen-bond donors (Lipinski definition) is 1. The highest BCUT2D eigenvalue weighted by Crippen LogP contribution is 2.21. The fraction of sp³-hybridized carbons (Fsp3) is 0.909. The first-order chi connectivity index (χ1) is 6.54. The number of hydrogen-bond acceptors (Lipinski definition) is 4. The van der Waals surface area contributed by atoms with E-state index in [9.17, 15) is 9.90 Å². The van der Waals surface area contributed by atoms with Gasteiger partial charge in [0.1, 0.15) is 5.60 Å². The molecule has 0 aromatic rings. The molecule has 0 aromatic carbocycles. The summed E-state index contributed by atoms with van der Waals surface area (Å²) < 4.78 is 0. The van der Waals surface area contributed by atoms with Crippen molar-refractivity contribution in [2.75, 3.05) is 0 Å². The maximum absolute atomic E-state index is 11.4. The molecule has 0 rings (SSSR count). The normalized spacial score (nSPS) is 14.9. The molecule has 90 valence electrons. The minimum atomic E-state index is -0.672. The van der Waals surface area contributed by atoms with E-state index < -0.39 is 23.1 Å². The van der Waals surface area contributed by atoms with Gasteiger partial charge in [0.05, 0.1) is 11.5 Å². The fourth-order valence-electron chi connectivity index (χ4n) is 1.02. The van der Waals surface area contributed by atoms with Gasteiger partial charge in [0.2, 0.25) is 0 Å². The molecule has 0 heterocycles. The van der Waals surface area contributed by atoms with Crippen LogP contribution in [0.5, 0.6) is 0 Å². The predicted molar refractivity (Wildman–Crippen MR) is 57.0 cm³/mol. The first kappa shape index (κ1) is 14.4. The summed E-state index contributed by atoms with van der Waals surface area (Å²) in [7, 11) is 0. The average molecular weight is 218 g/mol. The lowest BCUT2D eigenvalue weighted by Crippen LogP contribution is -2.33. The molecule has 0 aliphatic rings. The zero-order chi connectivity index (χ0) is 12.3. The van der Waals surface area contributed by atoms with E-state index in [4.69, 9.17) is 9.78 Å². The van der Waals surface area contributed by atoms with Crippen LogP contribution in [0.15, 0.2) is 0 Å². The minimum Gasteiger partial charge on any atom is -0.393 e. The van der Waals surface area contributed by atoms with Crippen LogP contribution in [-0.4, -0.2) is 22.8 Å². The molecule has 0 bridgehead atoms. The van der Waals surface area contributed by atoms with Gasteiger partial charge in [-0.25, -0.2) is 4.79 Å². The standard InChI is InChI=1S/C11H22O4/c1-8(12)7-11(5,6)15-14-9(13)10(2,3)4/h8,12H,7H2,1-6H3. The minimum absolute atomic E-state index is 0.407. The Labute approximate surface area is 91.5 Å². The molecule has 15 heavy (non-hydrogen) atoms. The third-order valence-electron chi connectivity index (χ3n) is 1.74. The van der Waals surface area contributed by atoms with Gasteiger partial charge in [-0.2, -0.15) is 4.89 Å². The molecule has 0 aliphatic heterocycles. The molecule has 0 amide bonds. The van der Waals surface area contributed by atoms with Crippen LogP contribution in [0.25, 0.3) is 0 Å². The molecule has 0 fully saturated rings. The summed E-state index contributed by atoms with van der Waals surface area (Å²) in [4.78, 5) is 21.1. The molecule has 0 aromatic heterocycles. The van der Waals surface area contributed by atoms with Gasteiger partial charge in [-0.3, -0.25) is 4.89 Å². The van der Waals surface area contributed by atoms with E-state index in [1.54, 1.807) is 41.5 Å². The number of carbonyl (C=O) groups is 1. The van der Waals surface area contributed by atoms with Gasteiger partial charge >= 0.3 is 5.97 Å². The van der Waals surface area contributed by atoms with Crippen molar-refractivity contribution < 1.29 is 19.7 Å². The van der Waals surface area contributed by atoms with E-state index in [-0.39, 0.29) is 0 Å². The lowest BCUT2D eigenvalue weighted by Gasteiger charge is -2.25. The van der Waals surface area contributed by atoms with E-state index in [0.717, 1.165) is 0 Å². The Balaban J connectivity index is 4.10. The summed E-state index contributed by atoms with van der Waals surface area (Å²) in [5.41, 5.74) is -1.25. The van der Waals surface area contributed by atoms with E-state index in [1.807, 2.05) is 0 Å². The Kier molecular flexibility index (Phi) is 4.74. The Bertz CT molecular complexity index is 213. The number of aliphatic hydroxyl groups is 1. The monoisotopic (exact) mass is 218 g/mol. The average Bonchev–Trinajstić information content (AvgIpc) is 1.95. The molecule has 0 saturated carbocycles. The van der Waals surface area contributed by atoms with Gasteiger partial charge in [-0.05, 0) is 41.5 Å². The van der Waals surface area contributed by atoms with Gasteiger partial charge in [0.25, 0.3) is 0 Å². The highest BCUT2D eigenvalue weighted by atomic mass is 17.2. The maximum Gasteiger partial charge on any atom is 0.347 e. The molecule has 0 radical (unpaired) electrons. The maximum atomic E-state index is 11.4. The Morgan fingerprint density at radius 3 is 2.07 bits per heavy atom. The summed E-state index contributed by atoms with van der Waals surface area (Å²) >= 11 is 0. The highest BCUT2D eigenvalue weighted by Gasteiger charge is 2.29. The molecule has 0 aliphatic carbocycles. The topological polar surface area (TPSA) is 55.8 Å². The smallest absolute Gasteiger partial charge is 0.347 e. The Hall–Kier alpha value is -0.610. The van der Waals surface area contributed by atoms with Crippen molar-refractivity contribution in [2.24, 2.45) is 5.41 Å². The third-order valence-corrected chi connectivity index (χ3v) is 1.74. The van der Waals surface area contributed by atoms with Crippen LogP contribution < -0.4 is 0 Å². The second-order valence-corrected chi connectivity index (χ2v) is 5.52. The molecule has 4 heteroatoms. The Morgan fingerprint density at radius 2 is 1.73 bits per heavy atom. The predicted octanol–water partition coefficient (Wildman–Crippen LogP) is 2.06. The van der Waals surface area contributed by atoms with Crippen molar-refractivity contribution in [3.8, 4) is 0 Å². The molecule has 1 atom stereocenters. The van der Waals surface area contributed by atoms with E-state index >= 15 is 0 Å². The van der Waals surface area contributed by atoms with Crippen molar-refractivity contribution in [3.05, 3.63) is 0 Å². The van der Waals surface area contributed by atoms with Crippen LogP contribution in [0.1, 0.15) is 48.0 Å². The van der Waals surface area contributed by atoms with Gasteiger partial charge in [0.15, 0.2) is 0 Å². The highest BCUT2D eigenvalue weighted by molar-refractivity contribution is 5.74. The van der Waals surface area contributed by atoms with Gasteiger partial charge in [-0.1, -0.05) is 0 Å². The molecular weight excluding hydrogens is 196 g/mol. The molecule has 1 unspecified atom stereocenters. The van der Waals surface area contributed by atoms with E-state index in [1.165, 1.54) is 0 Å².